The van der Waals surface area contributed by atoms with E-state index in [1.165, 1.54) is 24.3 Å². The van der Waals surface area contributed by atoms with Crippen molar-refractivity contribution in [2.45, 2.75) is 6.92 Å². The third kappa shape index (κ3) is 5.23. The molecule has 2 rings (SSSR count). The van der Waals surface area contributed by atoms with E-state index in [4.69, 9.17) is 27.9 Å². The van der Waals surface area contributed by atoms with Crippen molar-refractivity contribution < 1.29 is 13.9 Å². The minimum atomic E-state index is -0.446. The first-order valence-corrected chi connectivity index (χ1v) is 7.38. The fourth-order valence-electron chi connectivity index (χ4n) is 1.70. The van der Waals surface area contributed by atoms with Gasteiger partial charge in [0.1, 0.15) is 11.6 Å². The number of nitrogens with one attached hydrogen (secondary N) is 1. The van der Waals surface area contributed by atoms with Crippen molar-refractivity contribution in [3.05, 3.63) is 63.9 Å². The van der Waals surface area contributed by atoms with Crippen LogP contribution in [0.2, 0.25) is 10.0 Å². The molecule has 0 aliphatic carbocycles. The Morgan fingerprint density at radius 2 is 1.91 bits per heavy atom. The molecule has 0 heterocycles. The van der Waals surface area contributed by atoms with Crippen LogP contribution in [-0.2, 0) is 4.79 Å². The van der Waals surface area contributed by atoms with Crippen molar-refractivity contribution in [2.75, 3.05) is 6.61 Å². The van der Waals surface area contributed by atoms with Crippen LogP contribution in [0.5, 0.6) is 5.75 Å². The summed E-state index contributed by atoms with van der Waals surface area (Å²) in [7, 11) is 0. The number of halogens is 3. The summed E-state index contributed by atoms with van der Waals surface area (Å²) in [4.78, 5) is 11.7. The number of hydrogen-bond acceptors (Lipinski definition) is 3. The normalized spacial score (nSPS) is 11.2. The lowest BCUT2D eigenvalue weighted by molar-refractivity contribution is -0.123. The van der Waals surface area contributed by atoms with Gasteiger partial charge in [-0.2, -0.15) is 5.10 Å². The number of hydrogen-bond donors (Lipinski definition) is 1. The molecule has 0 fully saturated rings. The number of ether oxygens (including phenoxy) is 1. The van der Waals surface area contributed by atoms with Crippen molar-refractivity contribution in [1.82, 2.24) is 5.43 Å². The van der Waals surface area contributed by atoms with Gasteiger partial charge in [0.2, 0.25) is 0 Å². The van der Waals surface area contributed by atoms with Gasteiger partial charge in [0.25, 0.3) is 5.91 Å². The maximum atomic E-state index is 12.7. The van der Waals surface area contributed by atoms with Crippen LogP contribution in [-0.4, -0.2) is 18.2 Å². The molecule has 0 aliphatic rings. The lowest BCUT2D eigenvalue weighted by atomic mass is 10.1. The molecule has 23 heavy (non-hydrogen) atoms. The average molecular weight is 355 g/mol. The zero-order valence-electron chi connectivity index (χ0n) is 12.1. The first-order chi connectivity index (χ1) is 11.0. The Hall–Kier alpha value is -2.11. The molecule has 0 unspecified atom stereocenters. The van der Waals surface area contributed by atoms with Crippen LogP contribution >= 0.6 is 23.2 Å². The second-order valence-electron chi connectivity index (χ2n) is 4.60. The maximum absolute atomic E-state index is 12.7. The van der Waals surface area contributed by atoms with Crippen molar-refractivity contribution in [3.8, 4) is 5.75 Å². The summed E-state index contributed by atoms with van der Waals surface area (Å²) in [5.41, 5.74) is 3.55. The van der Waals surface area contributed by atoms with Crippen LogP contribution in [0, 0.1) is 5.82 Å². The van der Waals surface area contributed by atoms with Gasteiger partial charge in [-0.3, -0.25) is 4.79 Å². The highest BCUT2D eigenvalue weighted by Gasteiger charge is 2.06. The molecular formula is C16H13Cl2FN2O2. The number of rotatable bonds is 5. The quantitative estimate of drug-likeness (QED) is 0.650. The highest BCUT2D eigenvalue weighted by molar-refractivity contribution is 6.37. The van der Waals surface area contributed by atoms with E-state index in [-0.39, 0.29) is 12.4 Å². The van der Waals surface area contributed by atoms with E-state index in [0.717, 1.165) is 0 Å². The number of carbonyl (C=O) groups is 1. The molecule has 120 valence electrons. The van der Waals surface area contributed by atoms with Crippen molar-refractivity contribution >= 4 is 34.8 Å². The molecule has 0 aromatic heterocycles. The Labute approximate surface area is 142 Å². The van der Waals surface area contributed by atoms with Gasteiger partial charge >= 0.3 is 0 Å². The third-order valence-electron chi connectivity index (χ3n) is 2.85. The summed E-state index contributed by atoms with van der Waals surface area (Å²) in [6.45, 7) is 1.47. The van der Waals surface area contributed by atoms with E-state index in [1.807, 2.05) is 0 Å². The van der Waals surface area contributed by atoms with Crippen LogP contribution in [0.4, 0.5) is 4.39 Å². The summed E-state index contributed by atoms with van der Waals surface area (Å²) in [5, 5.41) is 4.92. The first kappa shape index (κ1) is 17.2. The predicted octanol–water partition coefficient (Wildman–Crippen LogP) is 4.05. The highest BCUT2D eigenvalue weighted by atomic mass is 35.5. The maximum Gasteiger partial charge on any atom is 0.277 e. The fraction of sp³-hybridized carbons (Fsp3) is 0.125. The van der Waals surface area contributed by atoms with Gasteiger partial charge in [0.05, 0.1) is 10.7 Å². The molecule has 0 radical (unpaired) electrons. The fourth-order valence-corrected chi connectivity index (χ4v) is 2.25. The summed E-state index contributed by atoms with van der Waals surface area (Å²) >= 11 is 11.9. The van der Waals surface area contributed by atoms with Gasteiger partial charge in [-0.25, -0.2) is 9.82 Å². The van der Waals surface area contributed by atoms with Crippen molar-refractivity contribution in [3.63, 3.8) is 0 Å². The van der Waals surface area contributed by atoms with Gasteiger partial charge in [0.15, 0.2) is 6.61 Å². The van der Waals surface area contributed by atoms with E-state index >= 15 is 0 Å². The Kier molecular flexibility index (Phi) is 5.96. The summed E-state index contributed by atoms with van der Waals surface area (Å²) in [5.74, 6) is -0.427. The lowest BCUT2D eigenvalue weighted by Crippen LogP contribution is -2.25. The number of carbonyl (C=O) groups excluding carboxylic acids is 1. The van der Waals surface area contributed by atoms with Gasteiger partial charge in [-0.1, -0.05) is 29.3 Å². The Morgan fingerprint density at radius 1 is 1.22 bits per heavy atom. The van der Waals surface area contributed by atoms with Gasteiger partial charge in [-0.15, -0.1) is 0 Å². The topological polar surface area (TPSA) is 50.7 Å². The van der Waals surface area contributed by atoms with Gasteiger partial charge in [-0.05, 0) is 43.3 Å². The smallest absolute Gasteiger partial charge is 0.277 e. The molecule has 0 saturated heterocycles. The molecule has 0 spiro atoms. The van der Waals surface area contributed by atoms with Crippen molar-refractivity contribution in [1.29, 1.82) is 0 Å². The van der Waals surface area contributed by atoms with Gasteiger partial charge in [0, 0.05) is 10.6 Å². The summed E-state index contributed by atoms with van der Waals surface area (Å²) in [6.07, 6.45) is 0. The molecule has 0 aliphatic heterocycles. The van der Waals surface area contributed by atoms with E-state index in [1.54, 1.807) is 25.1 Å². The molecule has 2 aromatic carbocycles. The Balaban J connectivity index is 1.90. The van der Waals surface area contributed by atoms with E-state index < -0.39 is 5.91 Å². The number of hydrazone groups is 1. The van der Waals surface area contributed by atoms with Crippen LogP contribution in [0.25, 0.3) is 0 Å². The Bertz CT molecular complexity index is 733. The lowest BCUT2D eigenvalue weighted by Gasteiger charge is -2.07. The molecule has 1 N–H and O–H groups in total. The minimum Gasteiger partial charge on any atom is -0.484 e. The zero-order valence-corrected chi connectivity index (χ0v) is 13.7. The summed E-state index contributed by atoms with van der Waals surface area (Å²) < 4.78 is 18.0. The second-order valence-corrected chi connectivity index (χ2v) is 5.44. The molecule has 7 heteroatoms. The SMILES string of the molecule is C/C(=N/NC(=O)COc1ccc(F)cc1)c1ccc(Cl)cc1Cl. The molecule has 0 atom stereocenters. The standard InChI is InChI=1S/C16H13Cl2FN2O2/c1-10(14-7-2-11(17)8-15(14)18)20-21-16(22)9-23-13-5-3-12(19)4-6-13/h2-8H,9H2,1H3,(H,21,22)/b20-10-. The minimum absolute atomic E-state index is 0.239. The number of amides is 1. The first-order valence-electron chi connectivity index (χ1n) is 6.62. The largest absolute Gasteiger partial charge is 0.484 e. The number of nitrogens with zero attached hydrogens (tertiary/aromatic N) is 1. The second kappa shape index (κ2) is 7.94. The van der Waals surface area contributed by atoms with Crippen LogP contribution in [0.1, 0.15) is 12.5 Å². The highest BCUT2D eigenvalue weighted by Crippen LogP contribution is 2.21. The van der Waals surface area contributed by atoms with Crippen LogP contribution in [0.15, 0.2) is 47.6 Å². The predicted molar refractivity (Wildman–Crippen MR) is 88.7 cm³/mol. The molecule has 1 amide bonds. The Morgan fingerprint density at radius 3 is 2.57 bits per heavy atom. The molecule has 0 bridgehead atoms. The summed E-state index contributed by atoms with van der Waals surface area (Å²) in [6, 6.07) is 10.4. The zero-order chi connectivity index (χ0) is 16.8. The van der Waals surface area contributed by atoms with E-state index in [9.17, 15) is 9.18 Å². The molecular weight excluding hydrogens is 342 g/mol. The molecule has 0 saturated carbocycles. The van der Waals surface area contributed by atoms with E-state index in [0.29, 0.717) is 27.1 Å². The monoisotopic (exact) mass is 354 g/mol. The van der Waals surface area contributed by atoms with E-state index in [2.05, 4.69) is 10.5 Å². The third-order valence-corrected chi connectivity index (χ3v) is 3.40. The average Bonchev–Trinajstić information content (AvgIpc) is 2.52. The number of benzene rings is 2. The molecule has 4 nitrogen and oxygen atoms in total. The van der Waals surface area contributed by atoms with Crippen LogP contribution in [0.3, 0.4) is 0 Å². The van der Waals surface area contributed by atoms with Crippen LogP contribution < -0.4 is 10.2 Å². The molecule has 2 aromatic rings. The van der Waals surface area contributed by atoms with Gasteiger partial charge < -0.3 is 4.74 Å². The van der Waals surface area contributed by atoms with Crippen molar-refractivity contribution in [2.24, 2.45) is 5.10 Å².